The number of anilines is 1. The minimum Gasteiger partial charge on any atom is -0.467 e. The van der Waals surface area contributed by atoms with Gasteiger partial charge in [0, 0.05) is 18.5 Å². The van der Waals surface area contributed by atoms with Gasteiger partial charge in [-0.25, -0.2) is 9.78 Å². The van der Waals surface area contributed by atoms with Gasteiger partial charge in [0.25, 0.3) is 0 Å². The second-order valence-electron chi connectivity index (χ2n) is 9.30. The summed E-state index contributed by atoms with van der Waals surface area (Å²) >= 11 is 6.07. The van der Waals surface area contributed by atoms with Crippen molar-refractivity contribution in [1.82, 2.24) is 4.98 Å². The smallest absolute Gasteiger partial charge is 0.331 e. The quantitative estimate of drug-likeness (QED) is 0.498. The van der Waals surface area contributed by atoms with Crippen LogP contribution in [0, 0.1) is 11.8 Å². The Labute approximate surface area is 189 Å². The summed E-state index contributed by atoms with van der Waals surface area (Å²) in [6.45, 7) is 2.33. The predicted molar refractivity (Wildman–Crippen MR) is 122 cm³/mol. The monoisotopic (exact) mass is 442 g/mol. The number of rotatable bonds is 6. The number of pyridine rings is 1. The molecule has 0 unspecified atom stereocenters. The van der Waals surface area contributed by atoms with Crippen LogP contribution in [-0.2, 0) is 21.4 Å². The van der Waals surface area contributed by atoms with Crippen molar-refractivity contribution in [2.45, 2.75) is 56.4 Å². The largest absolute Gasteiger partial charge is 0.467 e. The van der Waals surface area contributed by atoms with E-state index in [4.69, 9.17) is 16.3 Å². The standard InChI is InChI=1S/C25H31ClN2O3/c1-17(16-29)13-19-14-18-5-3-4-6-21(18)24(19)8-10-25(11-9-24,23(30)31-2)28-20-7-12-27-22(26)15-20/h3-7,12,15,17,19,29H,8-11,13-14,16H2,1-2H3,(H,27,28)/t17-,19+,24?,25?/m1/s1. The van der Waals surface area contributed by atoms with Crippen LogP contribution in [0.2, 0.25) is 5.15 Å². The van der Waals surface area contributed by atoms with Crippen molar-refractivity contribution in [3.8, 4) is 0 Å². The van der Waals surface area contributed by atoms with Gasteiger partial charge in [-0.1, -0.05) is 42.8 Å². The average molecular weight is 443 g/mol. The summed E-state index contributed by atoms with van der Waals surface area (Å²) in [5.74, 6) is 0.500. The zero-order chi connectivity index (χ0) is 22.1. The van der Waals surface area contributed by atoms with Crippen LogP contribution in [0.3, 0.4) is 0 Å². The number of nitrogens with one attached hydrogen (secondary N) is 1. The molecule has 0 radical (unpaired) electrons. The highest BCUT2D eigenvalue weighted by atomic mass is 35.5. The van der Waals surface area contributed by atoms with Gasteiger partial charge in [0.1, 0.15) is 10.7 Å². The van der Waals surface area contributed by atoms with Crippen molar-refractivity contribution in [3.63, 3.8) is 0 Å². The number of hydrogen-bond donors (Lipinski definition) is 2. The summed E-state index contributed by atoms with van der Waals surface area (Å²) in [5.41, 5.74) is 2.87. The lowest BCUT2D eigenvalue weighted by molar-refractivity contribution is -0.148. The Bertz CT molecular complexity index is 940. The lowest BCUT2D eigenvalue weighted by Gasteiger charge is -2.47. The Hall–Kier alpha value is -2.11. The van der Waals surface area contributed by atoms with Crippen molar-refractivity contribution >= 4 is 23.3 Å². The molecule has 1 aromatic heterocycles. The van der Waals surface area contributed by atoms with E-state index in [0.29, 0.717) is 23.9 Å². The van der Waals surface area contributed by atoms with Crippen LogP contribution in [0.1, 0.15) is 50.2 Å². The number of carbonyl (C=O) groups excluding carboxylic acids is 1. The lowest BCUT2D eigenvalue weighted by atomic mass is 9.59. The van der Waals surface area contributed by atoms with Crippen LogP contribution in [0.25, 0.3) is 0 Å². The zero-order valence-electron chi connectivity index (χ0n) is 18.2. The number of fused-ring (bicyclic) bond motifs is 2. The Kier molecular flexibility index (Phi) is 6.27. The van der Waals surface area contributed by atoms with Gasteiger partial charge in [-0.15, -0.1) is 0 Å². The van der Waals surface area contributed by atoms with E-state index in [-0.39, 0.29) is 23.9 Å². The van der Waals surface area contributed by atoms with Gasteiger partial charge in [0.15, 0.2) is 0 Å². The summed E-state index contributed by atoms with van der Waals surface area (Å²) in [6.07, 6.45) is 6.82. The van der Waals surface area contributed by atoms with Crippen LogP contribution in [0.5, 0.6) is 0 Å². The van der Waals surface area contributed by atoms with Crippen molar-refractivity contribution in [3.05, 3.63) is 58.9 Å². The highest BCUT2D eigenvalue weighted by molar-refractivity contribution is 6.29. The number of benzene rings is 1. The fraction of sp³-hybridized carbons (Fsp3) is 0.520. The molecule has 0 amide bonds. The zero-order valence-corrected chi connectivity index (χ0v) is 19.0. The Morgan fingerprint density at radius 1 is 1.29 bits per heavy atom. The summed E-state index contributed by atoms with van der Waals surface area (Å²) in [5, 5.41) is 13.5. The molecule has 5 nitrogen and oxygen atoms in total. The first-order chi connectivity index (χ1) is 14.9. The highest BCUT2D eigenvalue weighted by Crippen LogP contribution is 2.56. The van der Waals surface area contributed by atoms with E-state index in [0.717, 1.165) is 31.4 Å². The number of methoxy groups -OCH3 is 1. The van der Waals surface area contributed by atoms with E-state index in [2.05, 4.69) is 41.5 Å². The maximum atomic E-state index is 13.0. The third-order valence-electron chi connectivity index (χ3n) is 7.48. The topological polar surface area (TPSA) is 71.5 Å². The van der Waals surface area contributed by atoms with E-state index >= 15 is 0 Å². The van der Waals surface area contributed by atoms with Gasteiger partial charge in [-0.05, 0) is 79.0 Å². The SMILES string of the molecule is COC(=O)C1(Nc2ccnc(Cl)c2)CCC2(CC1)c1ccccc1C[C@@H]2C[C@@H](C)CO. The molecule has 1 saturated carbocycles. The van der Waals surface area contributed by atoms with E-state index < -0.39 is 5.54 Å². The molecular formula is C25H31ClN2O3. The maximum Gasteiger partial charge on any atom is 0.331 e. The fourth-order valence-corrected chi connectivity index (χ4v) is 6.04. The first kappa shape index (κ1) is 22.1. The van der Waals surface area contributed by atoms with Gasteiger partial charge in [-0.2, -0.15) is 0 Å². The van der Waals surface area contributed by atoms with E-state index in [1.54, 1.807) is 12.3 Å². The number of aromatic nitrogens is 1. The number of aliphatic hydroxyl groups is 1. The van der Waals surface area contributed by atoms with Crippen LogP contribution >= 0.6 is 11.6 Å². The van der Waals surface area contributed by atoms with Gasteiger partial charge >= 0.3 is 5.97 Å². The molecule has 1 fully saturated rings. The molecule has 166 valence electrons. The Morgan fingerprint density at radius 3 is 2.71 bits per heavy atom. The average Bonchev–Trinajstić information content (AvgIpc) is 3.07. The minimum atomic E-state index is -0.782. The van der Waals surface area contributed by atoms with Crippen LogP contribution in [-0.4, -0.2) is 35.3 Å². The van der Waals surface area contributed by atoms with Crippen LogP contribution in [0.4, 0.5) is 5.69 Å². The molecule has 1 aromatic carbocycles. The summed E-state index contributed by atoms with van der Waals surface area (Å²) < 4.78 is 5.24. The normalized spacial score (nSPS) is 28.2. The lowest BCUT2D eigenvalue weighted by Crippen LogP contribution is -2.53. The molecule has 2 N–H and O–H groups in total. The first-order valence-electron chi connectivity index (χ1n) is 11.1. The molecular weight excluding hydrogens is 412 g/mol. The van der Waals surface area contributed by atoms with Crippen molar-refractivity contribution in [2.24, 2.45) is 11.8 Å². The molecule has 0 saturated heterocycles. The van der Waals surface area contributed by atoms with Crippen molar-refractivity contribution in [2.75, 3.05) is 19.0 Å². The number of hydrogen-bond acceptors (Lipinski definition) is 5. The molecule has 2 aliphatic carbocycles. The van der Waals surface area contributed by atoms with E-state index in [1.807, 2.05) is 6.07 Å². The molecule has 1 spiro atoms. The number of aliphatic hydroxyl groups excluding tert-OH is 1. The summed E-state index contributed by atoms with van der Waals surface area (Å²) in [7, 11) is 1.45. The first-order valence-corrected chi connectivity index (χ1v) is 11.5. The van der Waals surface area contributed by atoms with E-state index in [9.17, 15) is 9.90 Å². The summed E-state index contributed by atoms with van der Waals surface area (Å²) in [6, 6.07) is 12.3. The number of halogens is 1. The Morgan fingerprint density at radius 2 is 2.03 bits per heavy atom. The number of esters is 1. The van der Waals surface area contributed by atoms with Crippen LogP contribution in [0.15, 0.2) is 42.6 Å². The van der Waals surface area contributed by atoms with Gasteiger partial charge in [-0.3, -0.25) is 0 Å². The molecule has 4 rings (SSSR count). The molecule has 0 aliphatic heterocycles. The summed E-state index contributed by atoms with van der Waals surface area (Å²) in [4.78, 5) is 17.0. The van der Waals surface area contributed by atoms with E-state index in [1.165, 1.54) is 18.2 Å². The molecule has 6 heteroatoms. The second-order valence-corrected chi connectivity index (χ2v) is 9.69. The second kappa shape index (κ2) is 8.79. The highest BCUT2D eigenvalue weighted by Gasteiger charge is 2.54. The third-order valence-corrected chi connectivity index (χ3v) is 7.69. The van der Waals surface area contributed by atoms with Crippen molar-refractivity contribution in [1.29, 1.82) is 0 Å². The van der Waals surface area contributed by atoms with Gasteiger partial charge < -0.3 is 15.2 Å². The molecule has 31 heavy (non-hydrogen) atoms. The van der Waals surface area contributed by atoms with Crippen LogP contribution < -0.4 is 5.32 Å². The molecule has 0 bridgehead atoms. The maximum absolute atomic E-state index is 13.0. The van der Waals surface area contributed by atoms with Crippen molar-refractivity contribution < 1.29 is 14.6 Å². The Balaban J connectivity index is 1.64. The molecule has 2 aliphatic rings. The predicted octanol–water partition coefficient (Wildman–Crippen LogP) is 4.76. The molecule has 2 atom stereocenters. The fourth-order valence-electron chi connectivity index (χ4n) is 5.87. The molecule has 1 heterocycles. The van der Waals surface area contributed by atoms with Gasteiger partial charge in [0.05, 0.1) is 7.11 Å². The third kappa shape index (κ3) is 4.06. The number of nitrogens with zero attached hydrogens (tertiary/aromatic N) is 1. The minimum absolute atomic E-state index is 0.0368. The molecule has 2 aromatic rings. The number of carbonyl (C=O) groups is 1. The number of ether oxygens (including phenoxy) is 1. The van der Waals surface area contributed by atoms with Gasteiger partial charge in [0.2, 0.25) is 0 Å².